The molecule has 0 heterocycles. The van der Waals surface area contributed by atoms with Crippen molar-refractivity contribution in [2.45, 2.75) is 64.9 Å². The third kappa shape index (κ3) is 12.1. The first-order chi connectivity index (χ1) is 13.6. The average molecular weight is 555 g/mol. The van der Waals surface area contributed by atoms with E-state index < -0.39 is 10.0 Å². The third-order valence-electron chi connectivity index (χ3n) is 4.28. The van der Waals surface area contributed by atoms with Crippen molar-refractivity contribution in [1.82, 2.24) is 15.4 Å². The number of nitrogens with one attached hydrogen (secondary N) is 3. The third-order valence-corrected chi connectivity index (χ3v) is 5.74. The van der Waals surface area contributed by atoms with Crippen LogP contribution in [-0.2, 0) is 21.3 Å². The zero-order chi connectivity index (χ0) is 21.9. The molecule has 0 fully saturated rings. The van der Waals surface area contributed by atoms with Gasteiger partial charge in [-0.25, -0.2) is 18.1 Å². The second kappa shape index (κ2) is 14.2. The predicted octanol–water partition coefficient (Wildman–Crippen LogP) is 3.50. The van der Waals surface area contributed by atoms with E-state index in [1.165, 1.54) is 7.11 Å². The summed E-state index contributed by atoms with van der Waals surface area (Å²) in [5, 5.41) is 6.69. The van der Waals surface area contributed by atoms with E-state index >= 15 is 0 Å². The van der Waals surface area contributed by atoms with E-state index in [1.807, 2.05) is 13.0 Å². The molecule has 0 saturated heterocycles. The van der Waals surface area contributed by atoms with Crippen LogP contribution in [0.1, 0.15) is 53.0 Å². The minimum absolute atomic E-state index is 0. The summed E-state index contributed by atoms with van der Waals surface area (Å²) in [4.78, 5) is 4.86. The largest absolute Gasteiger partial charge is 0.383 e. The fourth-order valence-corrected chi connectivity index (χ4v) is 3.70. The van der Waals surface area contributed by atoms with Gasteiger partial charge < -0.3 is 15.4 Å². The highest BCUT2D eigenvalue weighted by Crippen LogP contribution is 2.21. The fourth-order valence-electron chi connectivity index (χ4n) is 2.62. The Bertz CT molecular complexity index is 749. The molecule has 0 spiro atoms. The highest BCUT2D eigenvalue weighted by Gasteiger charge is 2.15. The van der Waals surface area contributed by atoms with E-state index in [0.717, 1.165) is 30.9 Å². The Balaban J connectivity index is 0.00000841. The number of nitrogens with zero attached hydrogens (tertiary/aromatic N) is 1. The van der Waals surface area contributed by atoms with Crippen LogP contribution in [0.3, 0.4) is 0 Å². The molecule has 0 amide bonds. The molecule has 0 saturated carbocycles. The van der Waals surface area contributed by atoms with Gasteiger partial charge in [-0.15, -0.1) is 24.0 Å². The van der Waals surface area contributed by atoms with Crippen LogP contribution >= 0.6 is 24.0 Å². The Kier molecular flexibility index (Phi) is 13.8. The molecule has 1 unspecified atom stereocenters. The molecule has 3 N–H and O–H groups in total. The summed E-state index contributed by atoms with van der Waals surface area (Å²) in [5.41, 5.74) is 1.13. The lowest BCUT2D eigenvalue weighted by Crippen LogP contribution is -2.42. The lowest BCUT2D eigenvalue weighted by Gasteiger charge is -2.23. The molecule has 0 aliphatic heterocycles. The molecule has 0 aliphatic carbocycles. The number of benzene rings is 1. The zero-order valence-electron chi connectivity index (χ0n) is 19.1. The van der Waals surface area contributed by atoms with Gasteiger partial charge in [0, 0.05) is 26.2 Å². The highest BCUT2D eigenvalue weighted by molar-refractivity contribution is 14.0. The molecule has 174 valence electrons. The van der Waals surface area contributed by atoms with E-state index in [0.29, 0.717) is 24.6 Å². The smallest absolute Gasteiger partial charge is 0.240 e. The molecular formula is C21H39IN4O3S. The van der Waals surface area contributed by atoms with Crippen LogP contribution in [0.4, 0.5) is 0 Å². The van der Waals surface area contributed by atoms with Crippen molar-refractivity contribution in [2.75, 3.05) is 26.8 Å². The van der Waals surface area contributed by atoms with Crippen LogP contribution in [0.5, 0.6) is 0 Å². The molecule has 9 heteroatoms. The molecule has 1 atom stereocenters. The number of sulfonamides is 1. The number of aliphatic imine (C=N–C) groups is 1. The summed E-state index contributed by atoms with van der Waals surface area (Å²) in [5.74, 6) is 0.736. The predicted molar refractivity (Wildman–Crippen MR) is 135 cm³/mol. The van der Waals surface area contributed by atoms with Gasteiger partial charge in [-0.05, 0) is 49.8 Å². The molecule has 0 bridgehead atoms. The second-order valence-corrected chi connectivity index (χ2v) is 10.1. The molecule has 7 nitrogen and oxygen atoms in total. The fraction of sp³-hybridized carbons (Fsp3) is 0.667. The summed E-state index contributed by atoms with van der Waals surface area (Å²) >= 11 is 0. The summed E-state index contributed by atoms with van der Waals surface area (Å²) < 4.78 is 32.2. The summed E-state index contributed by atoms with van der Waals surface area (Å²) in [6.07, 6.45) is 2.17. The molecule has 0 aromatic heterocycles. The Labute approximate surface area is 199 Å². The lowest BCUT2D eigenvalue weighted by molar-refractivity contribution is 0.204. The van der Waals surface area contributed by atoms with E-state index in [-0.39, 0.29) is 35.4 Å². The van der Waals surface area contributed by atoms with Gasteiger partial charge >= 0.3 is 0 Å². The van der Waals surface area contributed by atoms with Crippen molar-refractivity contribution >= 4 is 40.0 Å². The lowest BCUT2D eigenvalue weighted by atomic mass is 9.89. The van der Waals surface area contributed by atoms with Gasteiger partial charge in [-0.2, -0.15) is 0 Å². The summed E-state index contributed by atoms with van der Waals surface area (Å²) in [6.45, 7) is 12.6. The first kappa shape index (κ1) is 29.1. The molecule has 1 aromatic rings. The average Bonchev–Trinajstić information content (AvgIpc) is 2.64. The van der Waals surface area contributed by atoms with Crippen molar-refractivity contribution in [2.24, 2.45) is 10.4 Å². The Morgan fingerprint density at radius 1 is 1.27 bits per heavy atom. The van der Waals surface area contributed by atoms with Gasteiger partial charge in [-0.3, -0.25) is 0 Å². The second-order valence-electron chi connectivity index (χ2n) is 8.38. The van der Waals surface area contributed by atoms with Crippen molar-refractivity contribution < 1.29 is 13.2 Å². The number of methoxy groups -OCH3 is 1. The number of halogens is 1. The number of ether oxygens (including phenoxy) is 1. The minimum Gasteiger partial charge on any atom is -0.383 e. The number of guanidine groups is 1. The van der Waals surface area contributed by atoms with E-state index in [2.05, 4.69) is 48.0 Å². The van der Waals surface area contributed by atoms with Crippen LogP contribution in [0.2, 0.25) is 0 Å². The Morgan fingerprint density at radius 2 is 1.97 bits per heavy atom. The van der Waals surface area contributed by atoms with Gasteiger partial charge in [0.1, 0.15) is 0 Å². The normalized spacial score (nSPS) is 13.5. The van der Waals surface area contributed by atoms with E-state index in [9.17, 15) is 8.42 Å². The minimum atomic E-state index is -3.55. The van der Waals surface area contributed by atoms with Gasteiger partial charge in [0.05, 0.1) is 18.0 Å². The summed E-state index contributed by atoms with van der Waals surface area (Å²) in [7, 11) is -2.02. The van der Waals surface area contributed by atoms with Gasteiger partial charge in [0.2, 0.25) is 10.0 Å². The monoisotopic (exact) mass is 554 g/mol. The number of hydrogen-bond donors (Lipinski definition) is 3. The molecular weight excluding hydrogens is 515 g/mol. The Morgan fingerprint density at radius 3 is 2.57 bits per heavy atom. The first-order valence-electron chi connectivity index (χ1n) is 10.2. The maximum atomic E-state index is 12.4. The number of rotatable bonds is 11. The van der Waals surface area contributed by atoms with E-state index in [1.54, 1.807) is 18.2 Å². The van der Waals surface area contributed by atoms with Crippen molar-refractivity contribution in [3.8, 4) is 0 Å². The maximum absolute atomic E-state index is 12.4. The van der Waals surface area contributed by atoms with Gasteiger partial charge in [-0.1, -0.05) is 32.9 Å². The SMILES string of the molecule is CCNC(=NCc1cccc(S(=O)(=O)NCCOC)c1)NC(C)CCC(C)(C)C.I. The Hall–Kier alpha value is -0.910. The van der Waals surface area contributed by atoms with Crippen LogP contribution in [0.15, 0.2) is 34.2 Å². The van der Waals surface area contributed by atoms with Crippen LogP contribution in [0, 0.1) is 5.41 Å². The molecule has 1 aromatic carbocycles. The van der Waals surface area contributed by atoms with Crippen LogP contribution in [-0.4, -0.2) is 47.2 Å². The molecule has 1 rings (SSSR count). The first-order valence-corrected chi connectivity index (χ1v) is 11.7. The van der Waals surface area contributed by atoms with Crippen LogP contribution < -0.4 is 15.4 Å². The highest BCUT2D eigenvalue weighted by atomic mass is 127. The van der Waals surface area contributed by atoms with Crippen molar-refractivity contribution in [3.05, 3.63) is 29.8 Å². The van der Waals surface area contributed by atoms with Gasteiger partial charge in [0.25, 0.3) is 0 Å². The van der Waals surface area contributed by atoms with Gasteiger partial charge in [0.15, 0.2) is 5.96 Å². The summed E-state index contributed by atoms with van der Waals surface area (Å²) in [6, 6.07) is 7.15. The zero-order valence-corrected chi connectivity index (χ0v) is 22.3. The maximum Gasteiger partial charge on any atom is 0.240 e. The van der Waals surface area contributed by atoms with Crippen LogP contribution in [0.25, 0.3) is 0 Å². The van der Waals surface area contributed by atoms with Crippen molar-refractivity contribution in [1.29, 1.82) is 0 Å². The van der Waals surface area contributed by atoms with E-state index in [4.69, 9.17) is 4.74 Å². The topological polar surface area (TPSA) is 91.8 Å². The standard InChI is InChI=1S/C21H38N4O3S.HI/c1-7-22-20(25-17(2)11-12-21(3,4)5)23-16-18-9-8-10-19(15-18)29(26,27)24-13-14-28-6;/h8-10,15,17,24H,7,11-14,16H2,1-6H3,(H2,22,23,25);1H. The van der Waals surface area contributed by atoms with Crippen molar-refractivity contribution in [3.63, 3.8) is 0 Å². The molecule has 0 aliphatic rings. The molecule has 30 heavy (non-hydrogen) atoms. The molecule has 0 radical (unpaired) electrons. The number of hydrogen-bond acceptors (Lipinski definition) is 4. The quantitative estimate of drug-likeness (QED) is 0.169.